The van der Waals surface area contributed by atoms with Gasteiger partial charge in [0, 0.05) is 11.8 Å². The number of methoxy groups -OCH3 is 1. The molecule has 0 aliphatic heterocycles. The van der Waals surface area contributed by atoms with E-state index >= 15 is 0 Å². The summed E-state index contributed by atoms with van der Waals surface area (Å²) in [6, 6.07) is 15.7. The summed E-state index contributed by atoms with van der Waals surface area (Å²) in [6.07, 6.45) is 0. The minimum absolute atomic E-state index is 0.523. The molecule has 0 atom stereocenters. The second-order valence-corrected chi connectivity index (χ2v) is 6.58. The Morgan fingerprint density at radius 2 is 1.57 bits per heavy atom. The van der Waals surface area contributed by atoms with Crippen LogP contribution in [0.4, 0.5) is 17.3 Å². The number of rotatable bonds is 8. The maximum absolute atomic E-state index is 5.74. The molecule has 0 saturated heterocycles. The Morgan fingerprint density at radius 3 is 2.32 bits per heavy atom. The smallest absolute Gasteiger partial charge is 0.136 e. The number of hydrogen-bond donors (Lipinski definition) is 2. The van der Waals surface area contributed by atoms with Gasteiger partial charge in [-0.3, -0.25) is 0 Å². The summed E-state index contributed by atoms with van der Waals surface area (Å²) < 4.78 is 10.9. The molecule has 0 bridgehead atoms. The number of hydrogen-bond acceptors (Lipinski definition) is 6. The Hall–Kier alpha value is -3.28. The first kappa shape index (κ1) is 19.5. The second-order valence-electron chi connectivity index (χ2n) is 6.58. The summed E-state index contributed by atoms with van der Waals surface area (Å²) in [6.45, 7) is 7.19. The minimum atomic E-state index is 0.523. The molecule has 0 amide bonds. The highest BCUT2D eigenvalue weighted by Gasteiger charge is 2.05. The lowest BCUT2D eigenvalue weighted by atomic mass is 10.1. The standard InChI is InChI=1S/C22H26N4O2/c1-15-5-6-16(2)20(13-15)26-22-14-21(24-17(3)25-22)23-11-12-28-19-9-7-18(27-4)8-10-19/h5-10,13-14H,11-12H2,1-4H3,(H2,23,24,25,26). The molecule has 146 valence electrons. The first-order valence-electron chi connectivity index (χ1n) is 9.24. The van der Waals surface area contributed by atoms with Gasteiger partial charge in [0.25, 0.3) is 0 Å². The topological polar surface area (TPSA) is 68.3 Å². The highest BCUT2D eigenvalue weighted by Crippen LogP contribution is 2.22. The van der Waals surface area contributed by atoms with Crippen molar-refractivity contribution in [3.63, 3.8) is 0 Å². The van der Waals surface area contributed by atoms with Crippen molar-refractivity contribution >= 4 is 17.3 Å². The Bertz CT molecular complexity index is 926. The van der Waals surface area contributed by atoms with Crippen LogP contribution < -0.4 is 20.1 Å². The summed E-state index contributed by atoms with van der Waals surface area (Å²) in [7, 11) is 1.65. The molecular weight excluding hydrogens is 352 g/mol. The van der Waals surface area contributed by atoms with Crippen molar-refractivity contribution in [2.75, 3.05) is 30.9 Å². The largest absolute Gasteiger partial charge is 0.497 e. The van der Waals surface area contributed by atoms with Gasteiger partial charge in [0.2, 0.25) is 0 Å². The summed E-state index contributed by atoms with van der Waals surface area (Å²) in [5.41, 5.74) is 3.42. The Morgan fingerprint density at radius 1 is 0.857 bits per heavy atom. The molecule has 0 unspecified atom stereocenters. The van der Waals surface area contributed by atoms with Gasteiger partial charge in [0.15, 0.2) is 0 Å². The van der Waals surface area contributed by atoms with Crippen LogP contribution in [0.5, 0.6) is 11.5 Å². The van der Waals surface area contributed by atoms with Crippen LogP contribution in [0.3, 0.4) is 0 Å². The monoisotopic (exact) mass is 378 g/mol. The van der Waals surface area contributed by atoms with Gasteiger partial charge in [-0.2, -0.15) is 0 Å². The predicted octanol–water partition coefficient (Wildman–Crippen LogP) is 4.64. The van der Waals surface area contributed by atoms with Crippen molar-refractivity contribution < 1.29 is 9.47 Å². The van der Waals surface area contributed by atoms with Crippen molar-refractivity contribution in [3.05, 3.63) is 65.5 Å². The van der Waals surface area contributed by atoms with Gasteiger partial charge < -0.3 is 20.1 Å². The molecule has 6 nitrogen and oxygen atoms in total. The van der Waals surface area contributed by atoms with E-state index in [4.69, 9.17) is 9.47 Å². The SMILES string of the molecule is COc1ccc(OCCNc2cc(Nc3cc(C)ccc3C)nc(C)n2)cc1. The van der Waals surface area contributed by atoms with E-state index in [-0.39, 0.29) is 0 Å². The van der Waals surface area contributed by atoms with Crippen molar-refractivity contribution in [3.8, 4) is 11.5 Å². The summed E-state index contributed by atoms with van der Waals surface area (Å²) >= 11 is 0. The summed E-state index contributed by atoms with van der Waals surface area (Å²) in [5, 5.41) is 6.68. The highest BCUT2D eigenvalue weighted by atomic mass is 16.5. The zero-order chi connectivity index (χ0) is 19.9. The predicted molar refractivity (Wildman–Crippen MR) is 113 cm³/mol. The maximum atomic E-state index is 5.74. The minimum Gasteiger partial charge on any atom is -0.497 e. The van der Waals surface area contributed by atoms with E-state index in [0.29, 0.717) is 19.0 Å². The van der Waals surface area contributed by atoms with E-state index in [1.807, 2.05) is 37.3 Å². The van der Waals surface area contributed by atoms with Gasteiger partial charge in [0.05, 0.1) is 13.7 Å². The molecule has 2 aromatic carbocycles. The van der Waals surface area contributed by atoms with E-state index in [9.17, 15) is 0 Å². The summed E-state index contributed by atoms with van der Waals surface area (Å²) in [5.74, 6) is 3.84. The highest BCUT2D eigenvalue weighted by molar-refractivity contribution is 5.63. The zero-order valence-corrected chi connectivity index (χ0v) is 16.7. The normalized spacial score (nSPS) is 10.4. The lowest BCUT2D eigenvalue weighted by Crippen LogP contribution is -2.13. The van der Waals surface area contributed by atoms with Crippen LogP contribution >= 0.6 is 0 Å². The van der Waals surface area contributed by atoms with Gasteiger partial charge in [-0.1, -0.05) is 12.1 Å². The molecule has 1 heterocycles. The molecule has 0 radical (unpaired) electrons. The van der Waals surface area contributed by atoms with Gasteiger partial charge in [0.1, 0.15) is 35.6 Å². The van der Waals surface area contributed by atoms with Crippen LogP contribution in [0, 0.1) is 20.8 Å². The number of ether oxygens (including phenoxy) is 2. The Labute approximate surface area is 166 Å². The van der Waals surface area contributed by atoms with Crippen LogP contribution in [0.2, 0.25) is 0 Å². The number of anilines is 3. The van der Waals surface area contributed by atoms with E-state index < -0.39 is 0 Å². The van der Waals surface area contributed by atoms with E-state index in [1.54, 1.807) is 7.11 Å². The zero-order valence-electron chi connectivity index (χ0n) is 16.7. The molecule has 3 aromatic rings. The van der Waals surface area contributed by atoms with Gasteiger partial charge in [-0.25, -0.2) is 9.97 Å². The van der Waals surface area contributed by atoms with Crippen molar-refractivity contribution in [2.45, 2.75) is 20.8 Å². The van der Waals surface area contributed by atoms with E-state index in [1.165, 1.54) is 11.1 Å². The number of benzene rings is 2. The van der Waals surface area contributed by atoms with Crippen LogP contribution in [-0.2, 0) is 0 Å². The molecule has 0 saturated carbocycles. The van der Waals surface area contributed by atoms with Gasteiger partial charge >= 0.3 is 0 Å². The van der Waals surface area contributed by atoms with E-state index in [2.05, 4.69) is 52.6 Å². The summed E-state index contributed by atoms with van der Waals surface area (Å²) in [4.78, 5) is 8.94. The first-order chi connectivity index (χ1) is 13.5. The van der Waals surface area contributed by atoms with Crippen molar-refractivity contribution in [1.82, 2.24) is 9.97 Å². The average Bonchev–Trinajstić information content (AvgIpc) is 2.68. The quantitative estimate of drug-likeness (QED) is 0.556. The number of aromatic nitrogens is 2. The Kier molecular flexibility index (Phi) is 6.32. The molecule has 0 aliphatic rings. The fourth-order valence-corrected chi connectivity index (χ4v) is 2.75. The van der Waals surface area contributed by atoms with Crippen molar-refractivity contribution in [1.29, 1.82) is 0 Å². The molecule has 0 fully saturated rings. The lowest BCUT2D eigenvalue weighted by Gasteiger charge is -2.13. The molecule has 3 rings (SSSR count). The number of nitrogens with zero attached hydrogens (tertiary/aromatic N) is 2. The van der Waals surface area contributed by atoms with Crippen LogP contribution in [0.15, 0.2) is 48.5 Å². The molecule has 28 heavy (non-hydrogen) atoms. The van der Waals surface area contributed by atoms with Gasteiger partial charge in [-0.05, 0) is 62.2 Å². The Balaban J connectivity index is 1.57. The number of aryl methyl sites for hydroxylation is 3. The number of nitrogens with one attached hydrogen (secondary N) is 2. The third-order valence-corrected chi connectivity index (χ3v) is 4.23. The molecular formula is C22H26N4O2. The first-order valence-corrected chi connectivity index (χ1v) is 9.24. The van der Waals surface area contributed by atoms with Gasteiger partial charge in [-0.15, -0.1) is 0 Å². The third-order valence-electron chi connectivity index (χ3n) is 4.23. The molecule has 1 aromatic heterocycles. The fraction of sp³-hybridized carbons (Fsp3) is 0.273. The van der Waals surface area contributed by atoms with Crippen molar-refractivity contribution in [2.24, 2.45) is 0 Å². The van der Waals surface area contributed by atoms with Crippen LogP contribution in [-0.4, -0.2) is 30.2 Å². The van der Waals surface area contributed by atoms with Crippen LogP contribution in [0.25, 0.3) is 0 Å². The van der Waals surface area contributed by atoms with Crippen LogP contribution in [0.1, 0.15) is 17.0 Å². The molecule has 6 heteroatoms. The molecule has 2 N–H and O–H groups in total. The second kappa shape index (κ2) is 9.08. The fourth-order valence-electron chi connectivity index (χ4n) is 2.75. The molecule has 0 spiro atoms. The lowest BCUT2D eigenvalue weighted by molar-refractivity contribution is 0.331. The third kappa shape index (κ3) is 5.36. The van der Waals surface area contributed by atoms with E-state index in [0.717, 1.165) is 28.8 Å². The average molecular weight is 378 g/mol. The molecule has 0 aliphatic carbocycles. The maximum Gasteiger partial charge on any atom is 0.136 e.